The molecule has 4 nitrogen and oxygen atoms in total. The maximum atomic E-state index is 12.0. The van der Waals surface area contributed by atoms with E-state index in [1.807, 2.05) is 36.9 Å². The summed E-state index contributed by atoms with van der Waals surface area (Å²) in [6, 6.07) is 8.06. The predicted octanol–water partition coefficient (Wildman–Crippen LogP) is 3.32. The smallest absolute Gasteiger partial charge is 0.274 e. The number of aromatic nitrogens is 1. The molecule has 0 N–H and O–H groups in total. The van der Waals surface area contributed by atoms with E-state index in [1.54, 1.807) is 11.3 Å². The van der Waals surface area contributed by atoms with Crippen LogP contribution in [0.4, 0.5) is 0 Å². The first-order chi connectivity index (χ1) is 10.1. The molecule has 3 rings (SSSR count). The van der Waals surface area contributed by atoms with Crippen molar-refractivity contribution in [1.82, 2.24) is 9.88 Å². The average Bonchev–Trinajstić information content (AvgIpc) is 2.89. The van der Waals surface area contributed by atoms with Gasteiger partial charge in [-0.3, -0.25) is 4.79 Å². The molecule has 1 saturated heterocycles. The lowest BCUT2D eigenvalue weighted by atomic mass is 10.1. The first-order valence-corrected chi connectivity index (χ1v) is 8.26. The van der Waals surface area contributed by atoms with Gasteiger partial charge in [0.2, 0.25) is 5.91 Å². The molecule has 0 aliphatic carbocycles. The Morgan fingerprint density at radius 3 is 2.71 bits per heavy atom. The number of thiazole rings is 1. The summed E-state index contributed by atoms with van der Waals surface area (Å²) in [5.74, 6) is 0.320. The SMILES string of the molecule is CC(C)C(=O)N1CCC(Oc2nc3ccccc3s2)CC1. The molecule has 1 aliphatic rings. The number of carbonyl (C=O) groups excluding carboxylic acids is 1. The van der Waals surface area contributed by atoms with E-state index in [0.29, 0.717) is 0 Å². The van der Waals surface area contributed by atoms with E-state index >= 15 is 0 Å². The number of nitrogens with zero attached hydrogens (tertiary/aromatic N) is 2. The van der Waals surface area contributed by atoms with Crippen LogP contribution in [0.25, 0.3) is 10.2 Å². The van der Waals surface area contributed by atoms with Gasteiger partial charge in [0.15, 0.2) is 0 Å². The minimum Gasteiger partial charge on any atom is -0.467 e. The molecule has 0 unspecified atom stereocenters. The minimum absolute atomic E-state index is 0.0757. The summed E-state index contributed by atoms with van der Waals surface area (Å²) in [6.45, 7) is 5.47. The van der Waals surface area contributed by atoms with Gasteiger partial charge < -0.3 is 9.64 Å². The van der Waals surface area contributed by atoms with Gasteiger partial charge >= 0.3 is 0 Å². The van der Waals surface area contributed by atoms with Crippen LogP contribution in [0, 0.1) is 5.92 Å². The van der Waals surface area contributed by atoms with Crippen LogP contribution < -0.4 is 4.74 Å². The van der Waals surface area contributed by atoms with Crippen molar-refractivity contribution in [2.24, 2.45) is 5.92 Å². The third kappa shape index (κ3) is 3.18. The first-order valence-electron chi connectivity index (χ1n) is 7.44. The predicted molar refractivity (Wildman–Crippen MR) is 84.7 cm³/mol. The molecule has 2 heterocycles. The van der Waals surface area contributed by atoms with Crippen molar-refractivity contribution in [2.45, 2.75) is 32.8 Å². The van der Waals surface area contributed by atoms with Crippen LogP contribution in [0.1, 0.15) is 26.7 Å². The van der Waals surface area contributed by atoms with E-state index < -0.39 is 0 Å². The van der Waals surface area contributed by atoms with E-state index in [0.717, 1.165) is 41.3 Å². The van der Waals surface area contributed by atoms with Crippen molar-refractivity contribution in [2.75, 3.05) is 13.1 Å². The van der Waals surface area contributed by atoms with Gasteiger partial charge in [0.1, 0.15) is 6.10 Å². The van der Waals surface area contributed by atoms with Crippen molar-refractivity contribution in [1.29, 1.82) is 0 Å². The second-order valence-corrected chi connectivity index (χ2v) is 6.74. The third-order valence-corrected chi connectivity index (χ3v) is 4.72. The summed E-state index contributed by atoms with van der Waals surface area (Å²) >= 11 is 1.59. The lowest BCUT2D eigenvalue weighted by Gasteiger charge is -2.32. The summed E-state index contributed by atoms with van der Waals surface area (Å²) in [5, 5.41) is 0.741. The van der Waals surface area contributed by atoms with Crippen LogP contribution in [0.2, 0.25) is 0 Å². The summed E-state index contributed by atoms with van der Waals surface area (Å²) in [6.07, 6.45) is 1.93. The normalized spacial score (nSPS) is 16.6. The van der Waals surface area contributed by atoms with Crippen molar-refractivity contribution in [3.63, 3.8) is 0 Å². The molecule has 0 atom stereocenters. The highest BCUT2D eigenvalue weighted by atomic mass is 32.1. The molecular formula is C16H20N2O2S. The van der Waals surface area contributed by atoms with Gasteiger partial charge in [0.25, 0.3) is 5.19 Å². The Bertz CT molecular complexity index is 597. The fourth-order valence-corrected chi connectivity index (χ4v) is 3.48. The topological polar surface area (TPSA) is 42.4 Å². The number of para-hydroxylation sites is 1. The molecule has 1 amide bonds. The van der Waals surface area contributed by atoms with E-state index in [-0.39, 0.29) is 17.9 Å². The van der Waals surface area contributed by atoms with Crippen molar-refractivity contribution < 1.29 is 9.53 Å². The number of carbonyl (C=O) groups is 1. The van der Waals surface area contributed by atoms with Crippen LogP contribution >= 0.6 is 11.3 Å². The van der Waals surface area contributed by atoms with Crippen molar-refractivity contribution >= 4 is 27.5 Å². The van der Waals surface area contributed by atoms with Crippen LogP contribution in [0.3, 0.4) is 0 Å². The first kappa shape index (κ1) is 14.3. The number of amides is 1. The van der Waals surface area contributed by atoms with Gasteiger partial charge in [0, 0.05) is 31.8 Å². The number of hydrogen-bond acceptors (Lipinski definition) is 4. The summed E-state index contributed by atoms with van der Waals surface area (Å²) in [5.41, 5.74) is 0.991. The summed E-state index contributed by atoms with van der Waals surface area (Å²) in [7, 11) is 0. The maximum Gasteiger partial charge on any atom is 0.274 e. The molecule has 0 saturated carbocycles. The average molecular weight is 304 g/mol. The van der Waals surface area contributed by atoms with Crippen LogP contribution in [0.5, 0.6) is 5.19 Å². The van der Waals surface area contributed by atoms with Gasteiger partial charge in [0.05, 0.1) is 10.2 Å². The molecule has 1 aromatic carbocycles. The monoisotopic (exact) mass is 304 g/mol. The summed E-state index contributed by atoms with van der Waals surface area (Å²) in [4.78, 5) is 18.4. The second kappa shape index (κ2) is 6.02. The molecular weight excluding hydrogens is 284 g/mol. The molecule has 112 valence electrons. The Morgan fingerprint density at radius 1 is 1.33 bits per heavy atom. The van der Waals surface area contributed by atoms with E-state index in [9.17, 15) is 4.79 Å². The van der Waals surface area contributed by atoms with Crippen LogP contribution in [0.15, 0.2) is 24.3 Å². The highest BCUT2D eigenvalue weighted by molar-refractivity contribution is 7.20. The van der Waals surface area contributed by atoms with Crippen LogP contribution in [-0.2, 0) is 4.79 Å². The van der Waals surface area contributed by atoms with Crippen LogP contribution in [-0.4, -0.2) is 35.0 Å². The standard InChI is InChI=1S/C16H20N2O2S/c1-11(2)15(19)18-9-7-12(8-10-18)20-16-17-13-5-3-4-6-14(13)21-16/h3-6,11-12H,7-10H2,1-2H3. The minimum atomic E-state index is 0.0757. The Morgan fingerprint density at radius 2 is 2.05 bits per heavy atom. The zero-order valence-corrected chi connectivity index (χ0v) is 13.2. The Hall–Kier alpha value is -1.62. The molecule has 0 spiro atoms. The molecule has 0 bridgehead atoms. The van der Waals surface area contributed by atoms with E-state index in [4.69, 9.17) is 4.74 Å². The second-order valence-electron chi connectivity index (χ2n) is 5.74. The van der Waals surface area contributed by atoms with Crippen molar-refractivity contribution in [3.8, 4) is 5.19 Å². The lowest BCUT2D eigenvalue weighted by molar-refractivity contribution is -0.136. The lowest BCUT2D eigenvalue weighted by Crippen LogP contribution is -2.43. The number of fused-ring (bicyclic) bond motifs is 1. The number of likely N-dealkylation sites (tertiary alicyclic amines) is 1. The Labute approximate surface area is 128 Å². The molecule has 5 heteroatoms. The van der Waals surface area contributed by atoms with E-state index in [1.165, 1.54) is 0 Å². The van der Waals surface area contributed by atoms with Gasteiger partial charge in [-0.05, 0) is 12.1 Å². The Kier molecular flexibility index (Phi) is 4.10. The zero-order valence-electron chi connectivity index (χ0n) is 12.4. The van der Waals surface area contributed by atoms with Gasteiger partial charge in [-0.15, -0.1) is 0 Å². The molecule has 2 aromatic rings. The number of piperidine rings is 1. The highest BCUT2D eigenvalue weighted by Gasteiger charge is 2.25. The number of hydrogen-bond donors (Lipinski definition) is 0. The fraction of sp³-hybridized carbons (Fsp3) is 0.500. The van der Waals surface area contributed by atoms with Gasteiger partial charge in [-0.1, -0.05) is 37.3 Å². The van der Waals surface area contributed by atoms with E-state index in [2.05, 4.69) is 11.1 Å². The molecule has 1 fully saturated rings. The highest BCUT2D eigenvalue weighted by Crippen LogP contribution is 2.29. The van der Waals surface area contributed by atoms with Crippen molar-refractivity contribution in [3.05, 3.63) is 24.3 Å². The maximum absolute atomic E-state index is 12.0. The molecule has 0 radical (unpaired) electrons. The molecule has 21 heavy (non-hydrogen) atoms. The van der Waals surface area contributed by atoms with Gasteiger partial charge in [-0.25, -0.2) is 4.98 Å². The largest absolute Gasteiger partial charge is 0.467 e. The number of benzene rings is 1. The number of rotatable bonds is 3. The third-order valence-electron chi connectivity index (χ3n) is 3.79. The quantitative estimate of drug-likeness (QED) is 0.873. The molecule has 1 aromatic heterocycles. The summed E-state index contributed by atoms with van der Waals surface area (Å²) < 4.78 is 7.15. The fourth-order valence-electron chi connectivity index (χ4n) is 2.60. The Balaban J connectivity index is 1.59. The number of ether oxygens (including phenoxy) is 1. The zero-order chi connectivity index (χ0) is 14.8. The van der Waals surface area contributed by atoms with Gasteiger partial charge in [-0.2, -0.15) is 0 Å². The molecule has 1 aliphatic heterocycles.